The summed E-state index contributed by atoms with van der Waals surface area (Å²) in [5.41, 5.74) is 1.40. The molecule has 0 saturated carbocycles. The van der Waals surface area contributed by atoms with Gasteiger partial charge in [-0.15, -0.1) is 0 Å². The molecule has 2 aromatic carbocycles. The van der Waals surface area contributed by atoms with Crippen LogP contribution < -0.4 is 0 Å². The Balaban J connectivity index is 1.86. The molecule has 0 fully saturated rings. The highest BCUT2D eigenvalue weighted by Crippen LogP contribution is 2.44. The fourth-order valence-electron chi connectivity index (χ4n) is 3.32. The molecule has 0 bridgehead atoms. The first kappa shape index (κ1) is 16.1. The molecule has 4 rings (SSSR count). The smallest absolute Gasteiger partial charge is 0.290 e. The fraction of sp³-hybridized carbons (Fsp3) is 0.0952. The normalized spacial score (nSPS) is 17.2. The quantitative estimate of drug-likeness (QED) is 0.756. The van der Waals surface area contributed by atoms with Crippen LogP contribution in [0.4, 0.5) is 4.39 Å². The Morgan fingerprint density at radius 3 is 2.42 bits per heavy atom. The van der Waals surface area contributed by atoms with Gasteiger partial charge in [-0.05, 0) is 23.8 Å². The molecule has 0 spiro atoms. The van der Waals surface area contributed by atoms with Gasteiger partial charge in [-0.1, -0.05) is 48.5 Å². The number of rotatable bonds is 4. The predicted molar refractivity (Wildman–Crippen MR) is 94.4 cm³/mol. The van der Waals surface area contributed by atoms with E-state index in [1.54, 1.807) is 42.5 Å². The second kappa shape index (κ2) is 6.52. The molecule has 1 aliphatic heterocycles. The largest absolute Gasteiger partial charge is 0.503 e. The van der Waals surface area contributed by atoms with Gasteiger partial charge in [-0.25, -0.2) is 4.39 Å². The minimum atomic E-state index is -0.740. The van der Waals surface area contributed by atoms with Gasteiger partial charge in [-0.3, -0.25) is 4.79 Å². The van der Waals surface area contributed by atoms with Crippen molar-refractivity contribution in [1.82, 2.24) is 4.90 Å². The number of benzene rings is 2. The summed E-state index contributed by atoms with van der Waals surface area (Å²) in [6.07, 6.45) is 1.51. The molecule has 4 nitrogen and oxygen atoms in total. The van der Waals surface area contributed by atoms with Crippen LogP contribution in [-0.4, -0.2) is 15.9 Å². The number of carbonyl (C=O) groups excluding carboxylic acids is 1. The van der Waals surface area contributed by atoms with E-state index in [2.05, 4.69) is 0 Å². The van der Waals surface area contributed by atoms with E-state index in [-0.39, 0.29) is 12.3 Å². The van der Waals surface area contributed by atoms with Gasteiger partial charge in [-0.2, -0.15) is 0 Å². The Hall–Kier alpha value is -3.34. The van der Waals surface area contributed by atoms with Crippen LogP contribution in [0.2, 0.25) is 0 Å². The number of aliphatic hydroxyl groups excluding tert-OH is 1. The maximum absolute atomic E-state index is 14.6. The van der Waals surface area contributed by atoms with E-state index in [4.69, 9.17) is 4.42 Å². The molecule has 1 aliphatic rings. The highest BCUT2D eigenvalue weighted by atomic mass is 19.1. The summed E-state index contributed by atoms with van der Waals surface area (Å²) in [5.74, 6) is -0.788. The van der Waals surface area contributed by atoms with Crippen LogP contribution in [0.1, 0.15) is 22.9 Å². The first-order valence-electron chi connectivity index (χ1n) is 8.23. The summed E-state index contributed by atoms with van der Waals surface area (Å²) < 4.78 is 19.9. The van der Waals surface area contributed by atoms with Crippen LogP contribution in [0.25, 0.3) is 5.57 Å². The van der Waals surface area contributed by atoms with Gasteiger partial charge in [0.05, 0.1) is 18.8 Å². The summed E-state index contributed by atoms with van der Waals surface area (Å²) in [4.78, 5) is 14.2. The highest BCUT2D eigenvalue weighted by molar-refractivity contribution is 6.05. The topological polar surface area (TPSA) is 53.7 Å². The minimum absolute atomic E-state index is 0.130. The molecule has 1 amide bonds. The summed E-state index contributed by atoms with van der Waals surface area (Å²) in [7, 11) is 0. The third-order valence-corrected chi connectivity index (χ3v) is 4.49. The Morgan fingerprint density at radius 2 is 1.73 bits per heavy atom. The number of amides is 1. The van der Waals surface area contributed by atoms with E-state index in [0.29, 0.717) is 22.5 Å². The lowest BCUT2D eigenvalue weighted by Crippen LogP contribution is -2.30. The van der Waals surface area contributed by atoms with Crippen molar-refractivity contribution >= 4 is 11.5 Å². The van der Waals surface area contributed by atoms with Gasteiger partial charge in [0, 0.05) is 11.1 Å². The molecule has 5 heteroatoms. The number of aliphatic hydroxyl groups is 1. The number of carbonyl (C=O) groups is 1. The number of nitrogens with zero attached hydrogens (tertiary/aromatic N) is 1. The van der Waals surface area contributed by atoms with Gasteiger partial charge >= 0.3 is 0 Å². The molecular weight excluding hydrogens is 333 g/mol. The Morgan fingerprint density at radius 1 is 1.00 bits per heavy atom. The fourth-order valence-corrected chi connectivity index (χ4v) is 3.32. The van der Waals surface area contributed by atoms with Crippen LogP contribution in [0, 0.1) is 5.82 Å². The van der Waals surface area contributed by atoms with Crippen molar-refractivity contribution in [2.45, 2.75) is 12.6 Å². The first-order chi connectivity index (χ1) is 12.7. The summed E-state index contributed by atoms with van der Waals surface area (Å²) in [5, 5.41) is 10.6. The standard InChI is InChI=1S/C21H16FNO3/c22-17-11-5-4-10-16(17)19-18(14-7-2-1-3-8-14)20(24)21(25)23(19)13-15-9-6-12-26-15/h1-12,19,24H,13H2/t19-/m1/s1. The van der Waals surface area contributed by atoms with E-state index in [9.17, 15) is 14.3 Å². The number of hydrogen-bond donors (Lipinski definition) is 1. The molecule has 1 N–H and O–H groups in total. The SMILES string of the molecule is O=C1C(O)=C(c2ccccc2)[C@@H](c2ccccc2F)N1Cc1ccco1. The molecule has 0 radical (unpaired) electrons. The monoisotopic (exact) mass is 349 g/mol. The lowest BCUT2D eigenvalue weighted by atomic mass is 9.93. The highest BCUT2D eigenvalue weighted by Gasteiger charge is 2.42. The number of hydrogen-bond acceptors (Lipinski definition) is 3. The van der Waals surface area contributed by atoms with Crippen molar-refractivity contribution in [2.24, 2.45) is 0 Å². The Labute approximate surface area is 149 Å². The van der Waals surface area contributed by atoms with Gasteiger partial charge in [0.15, 0.2) is 5.76 Å². The van der Waals surface area contributed by atoms with Crippen LogP contribution >= 0.6 is 0 Å². The second-order valence-electron chi connectivity index (χ2n) is 6.06. The zero-order chi connectivity index (χ0) is 18.1. The van der Waals surface area contributed by atoms with Crippen molar-refractivity contribution in [3.8, 4) is 0 Å². The Bertz CT molecular complexity index is 964. The minimum Gasteiger partial charge on any atom is -0.503 e. The Kier molecular flexibility index (Phi) is 4.05. The van der Waals surface area contributed by atoms with E-state index in [1.807, 2.05) is 18.2 Å². The van der Waals surface area contributed by atoms with E-state index < -0.39 is 17.8 Å². The summed E-state index contributed by atoms with van der Waals surface area (Å²) in [6.45, 7) is 0.130. The molecule has 1 atom stereocenters. The van der Waals surface area contributed by atoms with Crippen molar-refractivity contribution in [3.63, 3.8) is 0 Å². The van der Waals surface area contributed by atoms with E-state index >= 15 is 0 Å². The van der Waals surface area contributed by atoms with Gasteiger partial charge < -0.3 is 14.4 Å². The average molecular weight is 349 g/mol. The van der Waals surface area contributed by atoms with Crippen LogP contribution in [-0.2, 0) is 11.3 Å². The van der Waals surface area contributed by atoms with E-state index in [1.165, 1.54) is 17.2 Å². The third-order valence-electron chi connectivity index (χ3n) is 4.49. The molecular formula is C21H16FNO3. The van der Waals surface area contributed by atoms with E-state index in [0.717, 1.165) is 0 Å². The maximum atomic E-state index is 14.6. The maximum Gasteiger partial charge on any atom is 0.290 e. The van der Waals surface area contributed by atoms with Crippen LogP contribution in [0.3, 0.4) is 0 Å². The van der Waals surface area contributed by atoms with Gasteiger partial charge in [0.1, 0.15) is 11.6 Å². The van der Waals surface area contributed by atoms with Crippen molar-refractivity contribution in [3.05, 3.63) is 101 Å². The molecule has 130 valence electrons. The zero-order valence-corrected chi connectivity index (χ0v) is 13.8. The number of halogens is 1. The zero-order valence-electron chi connectivity index (χ0n) is 13.8. The molecule has 0 unspecified atom stereocenters. The number of furan rings is 1. The van der Waals surface area contributed by atoms with Crippen LogP contribution in [0.15, 0.2) is 83.2 Å². The molecule has 26 heavy (non-hydrogen) atoms. The van der Waals surface area contributed by atoms with Gasteiger partial charge in [0.25, 0.3) is 5.91 Å². The van der Waals surface area contributed by atoms with Crippen molar-refractivity contribution in [2.75, 3.05) is 0 Å². The predicted octanol–water partition coefficient (Wildman–Crippen LogP) is 4.47. The molecule has 2 heterocycles. The van der Waals surface area contributed by atoms with Crippen molar-refractivity contribution < 1.29 is 18.7 Å². The van der Waals surface area contributed by atoms with Crippen LogP contribution in [0.5, 0.6) is 0 Å². The second-order valence-corrected chi connectivity index (χ2v) is 6.06. The summed E-state index contributed by atoms with van der Waals surface area (Å²) in [6, 6.07) is 18.1. The van der Waals surface area contributed by atoms with Gasteiger partial charge in [0.2, 0.25) is 0 Å². The third kappa shape index (κ3) is 2.67. The molecule has 1 aromatic heterocycles. The lowest BCUT2D eigenvalue weighted by Gasteiger charge is -2.27. The summed E-state index contributed by atoms with van der Waals surface area (Å²) >= 11 is 0. The van der Waals surface area contributed by atoms with Crippen molar-refractivity contribution in [1.29, 1.82) is 0 Å². The molecule has 0 saturated heterocycles. The first-order valence-corrected chi connectivity index (χ1v) is 8.23. The molecule has 0 aliphatic carbocycles. The molecule has 3 aromatic rings. The lowest BCUT2D eigenvalue weighted by molar-refractivity contribution is -0.130. The average Bonchev–Trinajstić information content (AvgIpc) is 3.25.